The first-order chi connectivity index (χ1) is 10.7. The minimum atomic E-state index is -0.229. The van der Waals surface area contributed by atoms with Gasteiger partial charge < -0.3 is 10.6 Å². The summed E-state index contributed by atoms with van der Waals surface area (Å²) in [5.74, 6) is 0.188. The summed E-state index contributed by atoms with van der Waals surface area (Å²) >= 11 is 1.29. The Kier molecular flexibility index (Phi) is 3.94. The van der Waals surface area contributed by atoms with Gasteiger partial charge in [0.05, 0.1) is 11.4 Å². The molecule has 0 saturated carbocycles. The highest BCUT2D eigenvalue weighted by atomic mass is 32.2. The molecule has 1 aromatic carbocycles. The number of carbonyl (C=O) groups excluding carboxylic acids is 1. The number of nitriles is 1. The largest absolute Gasteiger partial charge is 0.382 e. The standard InChI is InChI=1S/C15H13N5OS/c16-8-10-9-18-15(19-13(10)17)22-12-6-7-20(14(12)21)11-4-2-1-3-5-11/h1-5,9,12H,6-7H2,(H2,17,18,19)/t12-/m0/s1. The molecule has 1 amide bonds. The molecule has 22 heavy (non-hydrogen) atoms. The molecule has 0 bridgehead atoms. The van der Waals surface area contributed by atoms with Crippen molar-refractivity contribution in [3.8, 4) is 6.07 Å². The van der Waals surface area contributed by atoms with E-state index >= 15 is 0 Å². The Bertz CT molecular complexity index is 743. The summed E-state index contributed by atoms with van der Waals surface area (Å²) in [6.45, 7) is 0.673. The lowest BCUT2D eigenvalue weighted by Gasteiger charge is -2.16. The topological polar surface area (TPSA) is 95.9 Å². The second-order valence-corrected chi connectivity index (χ2v) is 5.95. The third kappa shape index (κ3) is 2.73. The van der Waals surface area contributed by atoms with Crippen molar-refractivity contribution in [3.05, 3.63) is 42.1 Å². The normalized spacial score (nSPS) is 17.5. The van der Waals surface area contributed by atoms with E-state index in [4.69, 9.17) is 11.0 Å². The molecule has 2 heterocycles. The molecule has 1 atom stereocenters. The molecule has 0 aliphatic carbocycles. The van der Waals surface area contributed by atoms with Gasteiger partial charge in [0.15, 0.2) is 5.16 Å². The Morgan fingerprint density at radius 1 is 1.36 bits per heavy atom. The highest BCUT2D eigenvalue weighted by molar-refractivity contribution is 8.00. The van der Waals surface area contributed by atoms with Crippen LogP contribution in [0.3, 0.4) is 0 Å². The van der Waals surface area contributed by atoms with E-state index in [0.717, 1.165) is 12.1 Å². The summed E-state index contributed by atoms with van der Waals surface area (Å²) in [7, 11) is 0. The number of benzene rings is 1. The Labute approximate surface area is 132 Å². The van der Waals surface area contributed by atoms with Crippen molar-refractivity contribution < 1.29 is 4.79 Å². The summed E-state index contributed by atoms with van der Waals surface area (Å²) < 4.78 is 0. The maximum atomic E-state index is 12.5. The fourth-order valence-electron chi connectivity index (χ4n) is 2.28. The van der Waals surface area contributed by atoms with Crippen LogP contribution in [0.1, 0.15) is 12.0 Å². The number of nitrogen functional groups attached to an aromatic ring is 1. The SMILES string of the molecule is N#Cc1cnc(S[C@H]2CCN(c3ccccc3)C2=O)nc1N. The van der Waals surface area contributed by atoms with E-state index < -0.39 is 0 Å². The molecular formula is C15H13N5OS. The van der Waals surface area contributed by atoms with Crippen LogP contribution < -0.4 is 10.6 Å². The number of aromatic nitrogens is 2. The Morgan fingerprint density at radius 3 is 2.82 bits per heavy atom. The molecule has 1 aliphatic rings. The van der Waals surface area contributed by atoms with Crippen LogP contribution >= 0.6 is 11.8 Å². The van der Waals surface area contributed by atoms with Gasteiger partial charge in [-0.05, 0) is 18.6 Å². The van der Waals surface area contributed by atoms with E-state index in [-0.39, 0.29) is 22.5 Å². The first-order valence-electron chi connectivity index (χ1n) is 6.74. The van der Waals surface area contributed by atoms with Gasteiger partial charge >= 0.3 is 0 Å². The van der Waals surface area contributed by atoms with Crippen molar-refractivity contribution in [2.75, 3.05) is 17.2 Å². The number of nitrogens with two attached hydrogens (primary N) is 1. The zero-order valence-corrected chi connectivity index (χ0v) is 12.5. The molecule has 1 saturated heterocycles. The predicted octanol–water partition coefficient (Wildman–Crippen LogP) is 1.83. The van der Waals surface area contributed by atoms with Gasteiger partial charge in [0.2, 0.25) is 5.91 Å². The van der Waals surface area contributed by atoms with Crippen LogP contribution in [0.15, 0.2) is 41.7 Å². The van der Waals surface area contributed by atoms with Gasteiger partial charge in [-0.15, -0.1) is 0 Å². The van der Waals surface area contributed by atoms with Crippen LogP contribution in [0.5, 0.6) is 0 Å². The van der Waals surface area contributed by atoms with Crippen molar-refractivity contribution in [2.24, 2.45) is 0 Å². The molecule has 1 aromatic heterocycles. The first-order valence-corrected chi connectivity index (χ1v) is 7.62. The van der Waals surface area contributed by atoms with E-state index in [1.807, 2.05) is 36.4 Å². The zero-order valence-electron chi connectivity index (χ0n) is 11.6. The van der Waals surface area contributed by atoms with Crippen LogP contribution in [0.25, 0.3) is 0 Å². The van der Waals surface area contributed by atoms with Crippen molar-refractivity contribution >= 4 is 29.2 Å². The van der Waals surface area contributed by atoms with Crippen LogP contribution in [0.2, 0.25) is 0 Å². The lowest BCUT2D eigenvalue weighted by atomic mass is 10.3. The van der Waals surface area contributed by atoms with Crippen LogP contribution in [0, 0.1) is 11.3 Å². The first kappa shape index (κ1) is 14.4. The van der Waals surface area contributed by atoms with E-state index in [1.165, 1.54) is 18.0 Å². The molecule has 1 fully saturated rings. The molecule has 0 spiro atoms. The van der Waals surface area contributed by atoms with Gasteiger partial charge in [-0.3, -0.25) is 4.79 Å². The molecule has 110 valence electrons. The minimum Gasteiger partial charge on any atom is -0.382 e. The van der Waals surface area contributed by atoms with Gasteiger partial charge in [-0.1, -0.05) is 30.0 Å². The summed E-state index contributed by atoms with van der Waals surface area (Å²) in [5, 5.41) is 9.01. The number of amides is 1. The van der Waals surface area contributed by atoms with Gasteiger partial charge in [-0.2, -0.15) is 5.26 Å². The van der Waals surface area contributed by atoms with E-state index in [0.29, 0.717) is 11.7 Å². The van der Waals surface area contributed by atoms with Crippen molar-refractivity contribution in [2.45, 2.75) is 16.8 Å². The van der Waals surface area contributed by atoms with E-state index in [9.17, 15) is 4.79 Å². The van der Waals surface area contributed by atoms with Crippen LogP contribution in [-0.4, -0.2) is 27.7 Å². The Morgan fingerprint density at radius 2 is 2.14 bits per heavy atom. The summed E-state index contributed by atoms with van der Waals surface area (Å²) in [4.78, 5) is 22.4. The highest BCUT2D eigenvalue weighted by Crippen LogP contribution is 2.31. The predicted molar refractivity (Wildman–Crippen MR) is 84.2 cm³/mol. The molecule has 6 nitrogen and oxygen atoms in total. The Hall–Kier alpha value is -2.59. The molecule has 3 rings (SSSR count). The fourth-order valence-corrected chi connectivity index (χ4v) is 3.25. The van der Waals surface area contributed by atoms with Gasteiger partial charge in [0.25, 0.3) is 0 Å². The molecule has 0 radical (unpaired) electrons. The van der Waals surface area contributed by atoms with Crippen LogP contribution in [0.4, 0.5) is 11.5 Å². The van der Waals surface area contributed by atoms with Crippen molar-refractivity contribution in [3.63, 3.8) is 0 Å². The number of thioether (sulfide) groups is 1. The van der Waals surface area contributed by atoms with Gasteiger partial charge in [0, 0.05) is 12.2 Å². The quantitative estimate of drug-likeness (QED) is 0.869. The average molecular weight is 311 g/mol. The van der Waals surface area contributed by atoms with E-state index in [2.05, 4.69) is 9.97 Å². The number of nitrogens with zero attached hydrogens (tertiary/aromatic N) is 4. The highest BCUT2D eigenvalue weighted by Gasteiger charge is 2.33. The monoisotopic (exact) mass is 311 g/mol. The number of hydrogen-bond acceptors (Lipinski definition) is 6. The van der Waals surface area contributed by atoms with Crippen molar-refractivity contribution in [1.82, 2.24) is 9.97 Å². The summed E-state index contributed by atoms with van der Waals surface area (Å²) in [5.41, 5.74) is 6.82. The second kappa shape index (κ2) is 6.03. The fraction of sp³-hybridized carbons (Fsp3) is 0.200. The number of hydrogen-bond donors (Lipinski definition) is 1. The number of rotatable bonds is 3. The molecule has 0 unspecified atom stereocenters. The number of para-hydroxylation sites is 1. The third-order valence-corrected chi connectivity index (χ3v) is 4.52. The van der Waals surface area contributed by atoms with Crippen molar-refractivity contribution in [1.29, 1.82) is 5.26 Å². The van der Waals surface area contributed by atoms with Gasteiger partial charge in [0.1, 0.15) is 17.5 Å². The summed E-state index contributed by atoms with van der Waals surface area (Å²) in [6, 6.07) is 11.5. The second-order valence-electron chi connectivity index (χ2n) is 4.78. The number of anilines is 2. The lowest BCUT2D eigenvalue weighted by Crippen LogP contribution is -2.28. The zero-order chi connectivity index (χ0) is 15.5. The number of carbonyl (C=O) groups is 1. The summed E-state index contributed by atoms with van der Waals surface area (Å²) in [6.07, 6.45) is 2.11. The molecule has 2 aromatic rings. The smallest absolute Gasteiger partial charge is 0.240 e. The third-order valence-electron chi connectivity index (χ3n) is 3.39. The molecule has 7 heteroatoms. The maximum absolute atomic E-state index is 12.5. The molecule has 1 aliphatic heterocycles. The van der Waals surface area contributed by atoms with E-state index in [1.54, 1.807) is 4.90 Å². The molecule has 2 N–H and O–H groups in total. The van der Waals surface area contributed by atoms with Gasteiger partial charge in [-0.25, -0.2) is 9.97 Å². The average Bonchev–Trinajstić information content (AvgIpc) is 2.89. The molecular weight excluding hydrogens is 298 g/mol. The lowest BCUT2D eigenvalue weighted by molar-refractivity contribution is -0.116. The Balaban J connectivity index is 1.74. The van der Waals surface area contributed by atoms with Crippen LogP contribution in [-0.2, 0) is 4.79 Å². The maximum Gasteiger partial charge on any atom is 0.240 e. The minimum absolute atomic E-state index is 0.0442.